The quantitative estimate of drug-likeness (QED) is 0.588. The predicted octanol–water partition coefficient (Wildman–Crippen LogP) is 2.96. The molecule has 0 N–H and O–H groups in total. The van der Waals surface area contributed by atoms with E-state index in [-0.39, 0.29) is 17.1 Å². The standard InChI is InChI=1S/C11H14ClFOSi/c1-15(2,11(14)7-12)8-9-5-3-4-6-10(9)13/h3-6H,7-8H2,1-2H3. The molecular formula is C11H14ClFOSi. The summed E-state index contributed by atoms with van der Waals surface area (Å²) >= 11 is 5.53. The Labute approximate surface area is 95.3 Å². The first-order valence-electron chi connectivity index (χ1n) is 4.80. The third kappa shape index (κ3) is 3.14. The Kier molecular flexibility index (Phi) is 4.05. The van der Waals surface area contributed by atoms with Crippen LogP contribution in [0.3, 0.4) is 0 Å². The third-order valence-corrected chi connectivity index (χ3v) is 5.88. The van der Waals surface area contributed by atoms with Crippen molar-refractivity contribution in [2.24, 2.45) is 0 Å². The van der Waals surface area contributed by atoms with Crippen LogP contribution in [-0.4, -0.2) is 19.4 Å². The van der Waals surface area contributed by atoms with Gasteiger partial charge < -0.3 is 4.79 Å². The predicted molar refractivity (Wildman–Crippen MR) is 63.3 cm³/mol. The van der Waals surface area contributed by atoms with Gasteiger partial charge in [-0.25, -0.2) is 4.39 Å². The van der Waals surface area contributed by atoms with Gasteiger partial charge in [0.1, 0.15) is 19.3 Å². The number of hydrogen-bond acceptors (Lipinski definition) is 1. The highest BCUT2D eigenvalue weighted by Gasteiger charge is 2.30. The Balaban J connectivity index is 2.86. The number of hydrogen-bond donors (Lipinski definition) is 0. The minimum Gasteiger partial charge on any atom is -0.304 e. The minimum absolute atomic E-state index is 0.0354. The average Bonchev–Trinajstić information content (AvgIpc) is 2.20. The van der Waals surface area contributed by atoms with Crippen LogP contribution >= 0.6 is 11.6 Å². The van der Waals surface area contributed by atoms with E-state index < -0.39 is 8.07 Å². The van der Waals surface area contributed by atoms with Gasteiger partial charge in [0.05, 0.1) is 5.88 Å². The second-order valence-corrected chi connectivity index (χ2v) is 9.16. The number of halogens is 2. The van der Waals surface area contributed by atoms with Gasteiger partial charge in [-0.05, 0) is 17.7 Å². The van der Waals surface area contributed by atoms with Crippen molar-refractivity contribution in [2.45, 2.75) is 19.1 Å². The molecule has 0 heterocycles. The van der Waals surface area contributed by atoms with Crippen molar-refractivity contribution in [3.8, 4) is 0 Å². The summed E-state index contributed by atoms with van der Waals surface area (Å²) in [7, 11) is -2.09. The first-order chi connectivity index (χ1) is 6.97. The lowest BCUT2D eigenvalue weighted by Crippen LogP contribution is -2.41. The Bertz CT molecular complexity index is 365. The maximum absolute atomic E-state index is 13.4. The molecule has 15 heavy (non-hydrogen) atoms. The molecule has 0 saturated carbocycles. The molecule has 0 fully saturated rings. The smallest absolute Gasteiger partial charge is 0.133 e. The van der Waals surface area contributed by atoms with Crippen molar-refractivity contribution in [3.05, 3.63) is 35.6 Å². The molecule has 0 atom stereocenters. The molecule has 0 aliphatic heterocycles. The zero-order chi connectivity index (χ0) is 11.5. The first-order valence-corrected chi connectivity index (χ1v) is 8.54. The summed E-state index contributed by atoms with van der Waals surface area (Å²) in [5, 5.41) is 0.0763. The van der Waals surface area contributed by atoms with Crippen LogP contribution in [0, 0.1) is 5.82 Å². The molecule has 82 valence electrons. The van der Waals surface area contributed by atoms with Crippen LogP contribution in [0.15, 0.2) is 24.3 Å². The first kappa shape index (κ1) is 12.4. The fraction of sp³-hybridized carbons (Fsp3) is 0.364. The fourth-order valence-electron chi connectivity index (χ4n) is 1.40. The van der Waals surface area contributed by atoms with Gasteiger partial charge in [0.15, 0.2) is 0 Å². The normalized spacial score (nSPS) is 11.5. The third-order valence-electron chi connectivity index (χ3n) is 2.47. The molecule has 0 radical (unpaired) electrons. The number of benzene rings is 1. The van der Waals surface area contributed by atoms with Gasteiger partial charge in [-0.2, -0.15) is 0 Å². The van der Waals surface area contributed by atoms with E-state index in [1.165, 1.54) is 6.07 Å². The number of rotatable bonds is 4. The SMILES string of the molecule is C[Si](C)(Cc1ccccc1F)C(=O)CCl. The number of alkyl halides is 1. The van der Waals surface area contributed by atoms with E-state index >= 15 is 0 Å². The highest BCUT2D eigenvalue weighted by Crippen LogP contribution is 2.16. The highest BCUT2D eigenvalue weighted by molar-refractivity contribution is 7.05. The highest BCUT2D eigenvalue weighted by atomic mass is 35.5. The minimum atomic E-state index is -2.09. The second-order valence-electron chi connectivity index (χ2n) is 4.21. The van der Waals surface area contributed by atoms with E-state index in [2.05, 4.69) is 0 Å². The van der Waals surface area contributed by atoms with E-state index in [1.54, 1.807) is 18.2 Å². The summed E-state index contributed by atoms with van der Waals surface area (Å²) in [6.45, 7) is 3.84. The van der Waals surface area contributed by atoms with E-state index in [0.717, 1.165) is 0 Å². The van der Waals surface area contributed by atoms with Crippen LogP contribution < -0.4 is 0 Å². The molecule has 0 amide bonds. The lowest BCUT2D eigenvalue weighted by atomic mass is 10.2. The van der Waals surface area contributed by atoms with Gasteiger partial charge in [-0.3, -0.25) is 0 Å². The molecule has 1 nitrogen and oxygen atoms in total. The molecule has 4 heteroatoms. The van der Waals surface area contributed by atoms with E-state index in [1.807, 2.05) is 13.1 Å². The van der Waals surface area contributed by atoms with E-state index in [4.69, 9.17) is 11.6 Å². The molecule has 0 bridgehead atoms. The molecular weight excluding hydrogens is 231 g/mol. The zero-order valence-corrected chi connectivity index (χ0v) is 10.6. The summed E-state index contributed by atoms with van der Waals surface area (Å²) in [6, 6.07) is 7.10. The molecule has 0 aromatic heterocycles. The maximum Gasteiger partial charge on any atom is 0.133 e. The average molecular weight is 245 g/mol. The molecule has 0 saturated heterocycles. The Morgan fingerprint density at radius 1 is 1.40 bits per heavy atom. The topological polar surface area (TPSA) is 17.1 Å². The lowest BCUT2D eigenvalue weighted by Gasteiger charge is -2.19. The van der Waals surface area contributed by atoms with Crippen LogP contribution in [0.1, 0.15) is 5.56 Å². The number of carbonyl (C=O) groups is 1. The molecule has 1 aromatic carbocycles. The summed E-state index contributed by atoms with van der Waals surface area (Å²) in [5.41, 5.74) is 0.618. The van der Waals surface area contributed by atoms with Crippen LogP contribution in [0.25, 0.3) is 0 Å². The second kappa shape index (κ2) is 4.90. The van der Waals surface area contributed by atoms with Crippen molar-refractivity contribution >= 4 is 25.1 Å². The monoisotopic (exact) mass is 244 g/mol. The van der Waals surface area contributed by atoms with Gasteiger partial charge in [-0.1, -0.05) is 31.3 Å². The Hall–Kier alpha value is -0.673. The van der Waals surface area contributed by atoms with Gasteiger partial charge in [-0.15, -0.1) is 11.6 Å². The van der Waals surface area contributed by atoms with Crippen LogP contribution in [0.5, 0.6) is 0 Å². The summed E-state index contributed by atoms with van der Waals surface area (Å²) in [6.07, 6.45) is 0. The lowest BCUT2D eigenvalue weighted by molar-refractivity contribution is -0.110. The van der Waals surface area contributed by atoms with Gasteiger partial charge in [0, 0.05) is 0 Å². The molecule has 0 aliphatic rings. The van der Waals surface area contributed by atoms with Crippen molar-refractivity contribution < 1.29 is 9.18 Å². The van der Waals surface area contributed by atoms with Crippen molar-refractivity contribution in [2.75, 3.05) is 5.88 Å². The van der Waals surface area contributed by atoms with E-state index in [0.29, 0.717) is 11.6 Å². The van der Waals surface area contributed by atoms with Gasteiger partial charge >= 0.3 is 0 Å². The van der Waals surface area contributed by atoms with Crippen LogP contribution in [0.4, 0.5) is 4.39 Å². The Morgan fingerprint density at radius 3 is 2.53 bits per heavy atom. The molecule has 0 aliphatic carbocycles. The van der Waals surface area contributed by atoms with Crippen LogP contribution in [-0.2, 0) is 10.8 Å². The van der Waals surface area contributed by atoms with Crippen molar-refractivity contribution in [1.29, 1.82) is 0 Å². The largest absolute Gasteiger partial charge is 0.304 e. The molecule has 1 aromatic rings. The van der Waals surface area contributed by atoms with Crippen LogP contribution in [0.2, 0.25) is 13.1 Å². The summed E-state index contributed by atoms with van der Waals surface area (Å²) in [4.78, 5) is 11.6. The Morgan fingerprint density at radius 2 is 2.00 bits per heavy atom. The summed E-state index contributed by atoms with van der Waals surface area (Å²) < 4.78 is 13.4. The fourth-order valence-corrected chi connectivity index (χ4v) is 4.28. The molecule has 0 unspecified atom stereocenters. The van der Waals surface area contributed by atoms with E-state index in [9.17, 15) is 9.18 Å². The molecule has 1 rings (SSSR count). The summed E-state index contributed by atoms with van der Waals surface area (Å²) in [5.74, 6) is -0.200. The maximum atomic E-state index is 13.4. The van der Waals surface area contributed by atoms with Crippen molar-refractivity contribution in [1.82, 2.24) is 0 Å². The number of carbonyl (C=O) groups excluding carboxylic acids is 1. The van der Waals surface area contributed by atoms with Gasteiger partial charge in [0.25, 0.3) is 0 Å². The zero-order valence-electron chi connectivity index (χ0n) is 8.89. The molecule has 0 spiro atoms. The van der Waals surface area contributed by atoms with Gasteiger partial charge in [0.2, 0.25) is 0 Å². The van der Waals surface area contributed by atoms with Crippen molar-refractivity contribution in [3.63, 3.8) is 0 Å².